The molecule has 1 aromatic carbocycles. The Morgan fingerprint density at radius 1 is 1.27 bits per heavy atom. The molecule has 3 rings (SSSR count). The number of hydrogen-bond donors (Lipinski definition) is 2. The van der Waals surface area contributed by atoms with Gasteiger partial charge in [-0.2, -0.15) is 5.26 Å². The Balaban J connectivity index is 1.68. The van der Waals surface area contributed by atoms with Crippen LogP contribution in [0.15, 0.2) is 36.4 Å². The molecule has 0 aliphatic carbocycles. The summed E-state index contributed by atoms with van der Waals surface area (Å²) in [6, 6.07) is 13.8. The summed E-state index contributed by atoms with van der Waals surface area (Å²) in [5, 5.41) is 32.0. The Morgan fingerprint density at radius 3 is 2.58 bits per heavy atom. The van der Waals surface area contributed by atoms with Crippen LogP contribution in [0.25, 0.3) is 0 Å². The second-order valence-corrected chi connectivity index (χ2v) is 7.42. The van der Waals surface area contributed by atoms with Crippen molar-refractivity contribution in [1.29, 1.82) is 10.7 Å². The number of piperidine rings is 1. The largest absolute Gasteiger partial charge is 0.355 e. The molecule has 0 amide bonds. The lowest BCUT2D eigenvalue weighted by Crippen LogP contribution is -2.41. The highest BCUT2D eigenvalue weighted by Crippen LogP contribution is 2.37. The van der Waals surface area contributed by atoms with Crippen LogP contribution in [0, 0.1) is 22.2 Å². The monoisotopic (exact) mass is 386 g/mol. The van der Waals surface area contributed by atoms with Gasteiger partial charge in [0.05, 0.1) is 11.5 Å². The zero-order valence-electron chi connectivity index (χ0n) is 14.2. The van der Waals surface area contributed by atoms with Crippen molar-refractivity contribution in [3.05, 3.63) is 52.7 Å². The molecule has 3 N–H and O–H groups in total. The minimum Gasteiger partial charge on any atom is -0.355 e. The number of nitrogens with zero attached hydrogens (tertiary/aromatic N) is 4. The zero-order valence-corrected chi connectivity index (χ0v) is 15.7. The molecule has 1 saturated heterocycles. The van der Waals surface area contributed by atoms with Gasteiger partial charge < -0.3 is 4.90 Å². The highest BCUT2D eigenvalue weighted by Gasteiger charge is 2.35. The summed E-state index contributed by atoms with van der Waals surface area (Å²) < 4.78 is 0. The third kappa shape index (κ3) is 3.98. The first-order chi connectivity index (χ1) is 12.6. The maximum absolute atomic E-state index is 9.80. The predicted octanol–water partition coefficient (Wildman–Crippen LogP) is 3.42. The summed E-state index contributed by atoms with van der Waals surface area (Å²) in [6.45, 7) is 1.46. The van der Waals surface area contributed by atoms with Gasteiger partial charge in [-0.1, -0.05) is 29.8 Å². The van der Waals surface area contributed by atoms with E-state index in [1.54, 1.807) is 6.07 Å². The summed E-state index contributed by atoms with van der Waals surface area (Å²) >= 11 is 7.12. The topological polar surface area (TPSA) is 103 Å². The second-order valence-electron chi connectivity index (χ2n) is 6.37. The van der Waals surface area contributed by atoms with Crippen LogP contribution in [-0.2, 0) is 6.42 Å². The van der Waals surface area contributed by atoms with Crippen molar-refractivity contribution in [3.8, 4) is 6.07 Å². The van der Waals surface area contributed by atoms with Gasteiger partial charge >= 0.3 is 0 Å². The van der Waals surface area contributed by atoms with Gasteiger partial charge in [0.1, 0.15) is 10.7 Å². The first-order valence-electron chi connectivity index (χ1n) is 8.26. The lowest BCUT2D eigenvalue weighted by atomic mass is 9.75. The molecule has 2 heterocycles. The first-order valence-corrected chi connectivity index (χ1v) is 9.52. The molecule has 1 aliphatic heterocycles. The van der Waals surface area contributed by atoms with Crippen LogP contribution in [0.2, 0.25) is 5.02 Å². The molecule has 1 aliphatic rings. The van der Waals surface area contributed by atoms with Gasteiger partial charge in [0, 0.05) is 18.1 Å². The van der Waals surface area contributed by atoms with Crippen LogP contribution in [0.4, 0.5) is 5.82 Å². The molecular weight excluding hydrogens is 368 g/mol. The number of benzene rings is 1. The maximum Gasteiger partial charge on any atom is 0.151 e. The zero-order chi connectivity index (χ0) is 18.6. The average Bonchev–Trinajstić information content (AvgIpc) is 2.70. The number of hydrogen-bond acceptors (Lipinski definition) is 7. The smallest absolute Gasteiger partial charge is 0.151 e. The highest BCUT2D eigenvalue weighted by molar-refractivity contribution is 8.12. The Kier molecular flexibility index (Phi) is 5.77. The summed E-state index contributed by atoms with van der Waals surface area (Å²) in [6.07, 6.45) is 2.14. The number of nitrogens with one attached hydrogen (secondary N) is 1. The fourth-order valence-electron chi connectivity index (χ4n) is 3.17. The molecular formula is C18H19ClN6S. The van der Waals surface area contributed by atoms with Crippen molar-refractivity contribution < 1.29 is 0 Å². The molecule has 0 saturated carbocycles. The third-order valence-electron chi connectivity index (χ3n) is 4.77. The van der Waals surface area contributed by atoms with Gasteiger partial charge in [-0.05, 0) is 55.0 Å². The lowest BCUT2D eigenvalue weighted by Gasteiger charge is -2.38. The number of nitriles is 1. The quantitative estimate of drug-likeness (QED) is 0.474. The van der Waals surface area contributed by atoms with Crippen molar-refractivity contribution in [3.63, 3.8) is 0 Å². The Bertz CT molecular complexity index is 824. The van der Waals surface area contributed by atoms with Crippen LogP contribution in [0.5, 0.6) is 0 Å². The van der Waals surface area contributed by atoms with E-state index in [4.69, 9.17) is 22.1 Å². The summed E-state index contributed by atoms with van der Waals surface area (Å²) in [7, 11) is 0. The fraction of sp³-hybridized carbons (Fsp3) is 0.333. The molecule has 26 heavy (non-hydrogen) atoms. The van der Waals surface area contributed by atoms with E-state index >= 15 is 0 Å². The van der Waals surface area contributed by atoms with Crippen LogP contribution in [0.3, 0.4) is 0 Å². The standard InChI is InChI=1S/C18H19ClN6S/c19-14-4-2-1-3-13(14)11-18(12-20)7-9-25(10-8-18)16-6-5-15(23-24-16)17(21)26-22/h1-6,21H,7-11,22H2. The van der Waals surface area contributed by atoms with Crippen molar-refractivity contribution in [2.45, 2.75) is 19.3 Å². The van der Waals surface area contributed by atoms with Crippen molar-refractivity contribution >= 4 is 34.4 Å². The molecule has 0 bridgehead atoms. The van der Waals surface area contributed by atoms with E-state index in [0.717, 1.165) is 49.3 Å². The molecule has 134 valence electrons. The van der Waals surface area contributed by atoms with Crippen molar-refractivity contribution in [1.82, 2.24) is 10.2 Å². The molecule has 0 spiro atoms. The Morgan fingerprint density at radius 2 is 2.00 bits per heavy atom. The van der Waals surface area contributed by atoms with E-state index < -0.39 is 5.41 Å². The van der Waals surface area contributed by atoms with Crippen LogP contribution >= 0.6 is 23.5 Å². The maximum atomic E-state index is 9.80. The number of anilines is 1. The van der Waals surface area contributed by atoms with Crippen LogP contribution in [0.1, 0.15) is 24.1 Å². The molecule has 0 radical (unpaired) electrons. The SMILES string of the molecule is N#CC1(Cc2ccccc2Cl)CCN(c2ccc(C(=N)SN)nn2)CC1. The van der Waals surface area contributed by atoms with Gasteiger partial charge in [0.25, 0.3) is 0 Å². The summed E-state index contributed by atoms with van der Waals surface area (Å²) in [5.74, 6) is 0.757. The van der Waals surface area contributed by atoms with Crippen molar-refractivity contribution in [2.24, 2.45) is 10.6 Å². The van der Waals surface area contributed by atoms with E-state index in [1.165, 1.54) is 0 Å². The van der Waals surface area contributed by atoms with Gasteiger partial charge in [0.2, 0.25) is 0 Å². The Hall–Kier alpha value is -2.14. The van der Waals surface area contributed by atoms with E-state index in [1.807, 2.05) is 30.3 Å². The molecule has 2 aromatic rings. The average molecular weight is 387 g/mol. The van der Waals surface area contributed by atoms with Gasteiger partial charge in [-0.25, -0.2) is 0 Å². The van der Waals surface area contributed by atoms with Gasteiger partial charge in [-0.15, -0.1) is 10.2 Å². The molecule has 1 fully saturated rings. The van der Waals surface area contributed by atoms with E-state index in [-0.39, 0.29) is 5.04 Å². The normalized spacial score (nSPS) is 16.1. The van der Waals surface area contributed by atoms with Crippen LogP contribution < -0.4 is 10.0 Å². The Labute approximate surface area is 162 Å². The van der Waals surface area contributed by atoms with Crippen LogP contribution in [-0.4, -0.2) is 28.3 Å². The number of halogens is 1. The molecule has 0 atom stereocenters. The number of nitrogens with two attached hydrogens (primary N) is 1. The molecule has 6 nitrogen and oxygen atoms in total. The molecule has 8 heteroatoms. The summed E-state index contributed by atoms with van der Waals surface area (Å²) in [4.78, 5) is 2.12. The minimum atomic E-state index is -0.410. The van der Waals surface area contributed by atoms with E-state index in [0.29, 0.717) is 17.1 Å². The fourth-order valence-corrected chi connectivity index (χ4v) is 3.61. The van der Waals surface area contributed by atoms with Crippen molar-refractivity contribution in [2.75, 3.05) is 18.0 Å². The molecule has 1 aromatic heterocycles. The minimum absolute atomic E-state index is 0.186. The second kappa shape index (κ2) is 8.04. The predicted molar refractivity (Wildman–Crippen MR) is 105 cm³/mol. The van der Waals surface area contributed by atoms with E-state index in [2.05, 4.69) is 21.2 Å². The molecule has 0 unspecified atom stereocenters. The highest BCUT2D eigenvalue weighted by atomic mass is 35.5. The van der Waals surface area contributed by atoms with Gasteiger partial charge in [-0.3, -0.25) is 10.5 Å². The number of aromatic nitrogens is 2. The summed E-state index contributed by atoms with van der Waals surface area (Å²) in [5.41, 5.74) is 1.07. The lowest BCUT2D eigenvalue weighted by molar-refractivity contribution is 0.301. The van der Waals surface area contributed by atoms with E-state index in [9.17, 15) is 5.26 Å². The first kappa shape index (κ1) is 18.6. The third-order valence-corrected chi connectivity index (χ3v) is 5.58. The van der Waals surface area contributed by atoms with Gasteiger partial charge in [0.15, 0.2) is 5.82 Å². The number of rotatable bonds is 4.